The van der Waals surface area contributed by atoms with Gasteiger partial charge >= 0.3 is 5.97 Å². The number of carbonyl (C=O) groups excluding carboxylic acids is 2. The highest BCUT2D eigenvalue weighted by molar-refractivity contribution is 9.11. The molecule has 2 heterocycles. The number of thiazole rings is 2. The van der Waals surface area contributed by atoms with Crippen LogP contribution < -0.4 is 5.32 Å². The number of esters is 1. The molecule has 0 aromatic carbocycles. The van der Waals surface area contributed by atoms with E-state index in [0.29, 0.717) is 5.13 Å². The number of hydrogen-bond acceptors (Lipinski definition) is 7. The minimum absolute atomic E-state index is 0.160. The van der Waals surface area contributed by atoms with Crippen molar-refractivity contribution in [3.8, 4) is 0 Å². The minimum atomic E-state index is -0.524. The van der Waals surface area contributed by atoms with Gasteiger partial charge in [0.25, 0.3) is 5.91 Å². The molecule has 0 radical (unpaired) electrons. The number of amides is 1. The largest absolute Gasteiger partial charge is 0.461 e. The average Bonchev–Trinajstić information content (AvgIpc) is 2.98. The van der Waals surface area contributed by atoms with Crippen molar-refractivity contribution in [3.63, 3.8) is 0 Å². The highest BCUT2D eigenvalue weighted by Crippen LogP contribution is 2.23. The Morgan fingerprint density at radius 1 is 1.53 bits per heavy atom. The van der Waals surface area contributed by atoms with Crippen molar-refractivity contribution in [2.24, 2.45) is 0 Å². The molecule has 19 heavy (non-hydrogen) atoms. The Morgan fingerprint density at radius 3 is 2.95 bits per heavy atom. The third-order valence-corrected chi connectivity index (χ3v) is 4.10. The molecule has 2 aromatic heterocycles. The van der Waals surface area contributed by atoms with Crippen LogP contribution >= 0.6 is 38.6 Å². The maximum absolute atomic E-state index is 11.8. The first-order chi connectivity index (χ1) is 9.10. The number of nitrogens with one attached hydrogen (secondary N) is 1. The first kappa shape index (κ1) is 14.1. The summed E-state index contributed by atoms with van der Waals surface area (Å²) in [7, 11) is 0. The van der Waals surface area contributed by atoms with E-state index in [9.17, 15) is 9.59 Å². The lowest BCUT2D eigenvalue weighted by atomic mass is 10.4. The summed E-state index contributed by atoms with van der Waals surface area (Å²) < 4.78 is 5.62. The van der Waals surface area contributed by atoms with Gasteiger partial charge < -0.3 is 4.74 Å². The van der Waals surface area contributed by atoms with Crippen LogP contribution in [0.5, 0.6) is 0 Å². The molecule has 2 rings (SSSR count). The molecule has 2 aromatic rings. The molecule has 0 unspecified atom stereocenters. The SMILES string of the molecule is CCOC(=O)c1nc(C(=O)Nc2ncc(Br)s2)cs1. The van der Waals surface area contributed by atoms with Crippen LogP contribution in [0.15, 0.2) is 15.4 Å². The fourth-order valence-corrected chi connectivity index (χ4v) is 2.93. The predicted molar refractivity (Wildman–Crippen MR) is 75.8 cm³/mol. The summed E-state index contributed by atoms with van der Waals surface area (Å²) in [6.07, 6.45) is 1.59. The first-order valence-corrected chi connectivity index (χ1v) is 7.64. The van der Waals surface area contributed by atoms with E-state index in [2.05, 4.69) is 31.2 Å². The fourth-order valence-electron chi connectivity index (χ4n) is 1.14. The van der Waals surface area contributed by atoms with Crippen LogP contribution in [0.4, 0.5) is 5.13 Å². The van der Waals surface area contributed by atoms with Crippen molar-refractivity contribution >= 4 is 55.6 Å². The number of anilines is 1. The molecule has 0 saturated heterocycles. The zero-order valence-electron chi connectivity index (χ0n) is 9.68. The van der Waals surface area contributed by atoms with Crippen LogP contribution in [-0.4, -0.2) is 28.5 Å². The molecule has 6 nitrogen and oxygen atoms in total. The second-order valence-corrected chi connectivity index (χ2v) is 6.45. The molecule has 0 aliphatic rings. The van der Waals surface area contributed by atoms with E-state index in [-0.39, 0.29) is 17.3 Å². The molecule has 0 spiro atoms. The Hall–Kier alpha value is -1.32. The Kier molecular flexibility index (Phi) is 4.61. The van der Waals surface area contributed by atoms with E-state index in [1.165, 1.54) is 16.7 Å². The molecule has 100 valence electrons. The van der Waals surface area contributed by atoms with E-state index in [1.807, 2.05) is 0 Å². The van der Waals surface area contributed by atoms with Gasteiger partial charge in [-0.1, -0.05) is 11.3 Å². The monoisotopic (exact) mass is 361 g/mol. The van der Waals surface area contributed by atoms with Crippen LogP contribution in [0.3, 0.4) is 0 Å². The number of hydrogen-bond donors (Lipinski definition) is 1. The van der Waals surface area contributed by atoms with Gasteiger partial charge in [-0.2, -0.15) is 0 Å². The van der Waals surface area contributed by atoms with Crippen molar-refractivity contribution in [2.45, 2.75) is 6.92 Å². The van der Waals surface area contributed by atoms with Crippen molar-refractivity contribution in [2.75, 3.05) is 11.9 Å². The smallest absolute Gasteiger partial charge is 0.367 e. The van der Waals surface area contributed by atoms with Crippen LogP contribution in [0.2, 0.25) is 0 Å². The third-order valence-electron chi connectivity index (χ3n) is 1.88. The molecule has 0 fully saturated rings. The number of rotatable bonds is 4. The number of aromatic nitrogens is 2. The number of ether oxygens (including phenoxy) is 1. The first-order valence-electron chi connectivity index (χ1n) is 5.15. The van der Waals surface area contributed by atoms with Gasteiger partial charge in [0, 0.05) is 5.38 Å². The molecule has 0 aliphatic heterocycles. The molecular formula is C10H8BrN3O3S2. The van der Waals surface area contributed by atoms with E-state index in [4.69, 9.17) is 4.74 Å². The zero-order valence-corrected chi connectivity index (χ0v) is 12.9. The van der Waals surface area contributed by atoms with Gasteiger partial charge in [-0.05, 0) is 22.9 Å². The third kappa shape index (κ3) is 3.58. The highest BCUT2D eigenvalue weighted by Gasteiger charge is 2.17. The maximum Gasteiger partial charge on any atom is 0.367 e. The Balaban J connectivity index is 2.06. The standard InChI is InChI=1S/C10H8BrN3O3S2/c1-2-17-9(16)8-13-5(4-18-8)7(15)14-10-12-3-6(11)19-10/h3-4H,2H2,1H3,(H,12,14,15). The predicted octanol–water partition coefficient (Wildman–Crippen LogP) is 2.79. The number of nitrogens with zero attached hydrogens (tertiary/aromatic N) is 2. The number of carbonyl (C=O) groups is 2. The molecule has 0 saturated carbocycles. The maximum atomic E-state index is 11.8. The molecule has 1 amide bonds. The topological polar surface area (TPSA) is 81.2 Å². The van der Waals surface area contributed by atoms with Crippen LogP contribution in [-0.2, 0) is 4.74 Å². The van der Waals surface area contributed by atoms with E-state index in [1.54, 1.807) is 13.1 Å². The van der Waals surface area contributed by atoms with Gasteiger partial charge in [-0.25, -0.2) is 14.8 Å². The Morgan fingerprint density at radius 2 is 2.32 bits per heavy atom. The average molecular weight is 362 g/mol. The normalized spacial score (nSPS) is 10.2. The van der Waals surface area contributed by atoms with E-state index in [0.717, 1.165) is 15.1 Å². The zero-order chi connectivity index (χ0) is 13.8. The van der Waals surface area contributed by atoms with Gasteiger partial charge in [-0.3, -0.25) is 10.1 Å². The summed E-state index contributed by atoms with van der Waals surface area (Å²) in [6.45, 7) is 1.98. The summed E-state index contributed by atoms with van der Waals surface area (Å²) in [5.74, 6) is -0.933. The van der Waals surface area contributed by atoms with Gasteiger partial charge in [0.2, 0.25) is 5.01 Å². The molecular weight excluding hydrogens is 354 g/mol. The lowest BCUT2D eigenvalue weighted by molar-refractivity contribution is 0.0526. The molecule has 1 N–H and O–H groups in total. The fraction of sp³-hybridized carbons (Fsp3) is 0.200. The van der Waals surface area contributed by atoms with Crippen LogP contribution in [0.25, 0.3) is 0 Å². The van der Waals surface area contributed by atoms with Crippen LogP contribution in [0.1, 0.15) is 27.2 Å². The second kappa shape index (κ2) is 6.22. The van der Waals surface area contributed by atoms with Crippen molar-refractivity contribution < 1.29 is 14.3 Å². The summed E-state index contributed by atoms with van der Waals surface area (Å²) in [5, 5.41) is 4.72. The summed E-state index contributed by atoms with van der Waals surface area (Å²) in [4.78, 5) is 31.2. The van der Waals surface area contributed by atoms with E-state index >= 15 is 0 Å². The van der Waals surface area contributed by atoms with Gasteiger partial charge in [0.15, 0.2) is 5.13 Å². The molecule has 9 heteroatoms. The van der Waals surface area contributed by atoms with Crippen molar-refractivity contribution in [1.29, 1.82) is 0 Å². The number of halogens is 1. The summed E-state index contributed by atoms with van der Waals surface area (Å²) in [5.41, 5.74) is 0.166. The molecule has 0 aliphatic carbocycles. The van der Waals surface area contributed by atoms with Gasteiger partial charge in [0.05, 0.1) is 16.6 Å². The van der Waals surface area contributed by atoms with E-state index < -0.39 is 11.9 Å². The second-order valence-electron chi connectivity index (χ2n) is 3.18. The van der Waals surface area contributed by atoms with Crippen LogP contribution in [0, 0.1) is 0 Å². The summed E-state index contributed by atoms with van der Waals surface area (Å²) >= 11 is 5.61. The van der Waals surface area contributed by atoms with Crippen molar-refractivity contribution in [1.82, 2.24) is 9.97 Å². The lowest BCUT2D eigenvalue weighted by Crippen LogP contribution is -2.13. The van der Waals surface area contributed by atoms with Crippen molar-refractivity contribution in [3.05, 3.63) is 26.1 Å². The summed E-state index contributed by atoms with van der Waals surface area (Å²) in [6, 6.07) is 0. The molecule has 0 atom stereocenters. The van der Waals surface area contributed by atoms with Gasteiger partial charge in [-0.15, -0.1) is 11.3 Å². The Labute approximate surface area is 125 Å². The quantitative estimate of drug-likeness (QED) is 0.846. The molecule has 0 bridgehead atoms. The minimum Gasteiger partial charge on any atom is -0.461 e. The highest BCUT2D eigenvalue weighted by atomic mass is 79.9. The van der Waals surface area contributed by atoms with Gasteiger partial charge in [0.1, 0.15) is 5.69 Å². The Bertz CT molecular complexity index is 611. The lowest BCUT2D eigenvalue weighted by Gasteiger charge is -1.97.